The molecule has 72 valence electrons. The number of methoxy groups -OCH3 is 1. The Balaban J connectivity index is 2.93. The number of nitrogens with two attached hydrogens (primary N) is 1. The zero-order valence-corrected chi connectivity index (χ0v) is 7.72. The number of hydrogen-bond donors (Lipinski definition) is 1. The average Bonchev–Trinajstić information content (AvgIpc) is 2.19. The highest BCUT2D eigenvalue weighted by molar-refractivity contribution is 5.37. The molecule has 0 saturated heterocycles. The Morgan fingerprint density at radius 2 is 2.23 bits per heavy atom. The number of rotatable bonds is 4. The van der Waals surface area contributed by atoms with E-state index in [1.807, 2.05) is 6.07 Å². The van der Waals surface area contributed by atoms with Gasteiger partial charge >= 0.3 is 0 Å². The molecule has 0 amide bonds. The standard InChI is InChI=1S/C10H14FNO/c1-13-10-6-8(7-11)2-3-9(10)4-5-12/h2-3,6H,4-5,7,12H2,1H3. The first kappa shape index (κ1) is 9.99. The Hall–Kier alpha value is -1.09. The Morgan fingerprint density at radius 3 is 2.77 bits per heavy atom. The minimum absolute atomic E-state index is 0.459. The first-order valence-electron chi connectivity index (χ1n) is 4.23. The van der Waals surface area contributed by atoms with E-state index in [9.17, 15) is 4.39 Å². The van der Waals surface area contributed by atoms with Crippen LogP contribution >= 0.6 is 0 Å². The summed E-state index contributed by atoms with van der Waals surface area (Å²) >= 11 is 0. The fraction of sp³-hybridized carbons (Fsp3) is 0.400. The van der Waals surface area contributed by atoms with Crippen LogP contribution in [0.5, 0.6) is 5.75 Å². The third kappa shape index (κ3) is 2.42. The summed E-state index contributed by atoms with van der Waals surface area (Å²) in [5.41, 5.74) is 7.09. The maximum atomic E-state index is 12.3. The quantitative estimate of drug-likeness (QED) is 0.770. The van der Waals surface area contributed by atoms with Crippen molar-refractivity contribution in [1.29, 1.82) is 0 Å². The van der Waals surface area contributed by atoms with Crippen molar-refractivity contribution in [2.45, 2.75) is 13.1 Å². The smallest absolute Gasteiger partial charge is 0.122 e. The van der Waals surface area contributed by atoms with E-state index in [4.69, 9.17) is 10.5 Å². The lowest BCUT2D eigenvalue weighted by Gasteiger charge is -2.08. The second-order valence-electron chi connectivity index (χ2n) is 2.82. The number of alkyl halides is 1. The zero-order chi connectivity index (χ0) is 9.68. The van der Waals surface area contributed by atoms with Crippen LogP contribution in [0.4, 0.5) is 4.39 Å². The van der Waals surface area contributed by atoms with Crippen LogP contribution in [0.2, 0.25) is 0 Å². The van der Waals surface area contributed by atoms with E-state index >= 15 is 0 Å². The van der Waals surface area contributed by atoms with Crippen LogP contribution in [0.1, 0.15) is 11.1 Å². The van der Waals surface area contributed by atoms with E-state index in [1.165, 1.54) is 0 Å². The maximum Gasteiger partial charge on any atom is 0.122 e. The number of ether oxygens (including phenoxy) is 1. The zero-order valence-electron chi connectivity index (χ0n) is 7.72. The molecule has 0 unspecified atom stereocenters. The van der Waals surface area contributed by atoms with Crippen LogP contribution in [-0.4, -0.2) is 13.7 Å². The molecule has 2 N–H and O–H groups in total. The van der Waals surface area contributed by atoms with Gasteiger partial charge in [0.05, 0.1) is 7.11 Å². The molecule has 0 saturated carbocycles. The lowest BCUT2D eigenvalue weighted by molar-refractivity contribution is 0.407. The van der Waals surface area contributed by atoms with Crippen LogP contribution in [0.15, 0.2) is 18.2 Å². The van der Waals surface area contributed by atoms with Gasteiger partial charge in [-0.1, -0.05) is 12.1 Å². The Morgan fingerprint density at radius 1 is 1.46 bits per heavy atom. The Kier molecular flexibility index (Phi) is 3.71. The molecule has 3 heteroatoms. The van der Waals surface area contributed by atoms with Gasteiger partial charge in [0.1, 0.15) is 12.4 Å². The van der Waals surface area contributed by atoms with Crippen molar-refractivity contribution in [3.05, 3.63) is 29.3 Å². The van der Waals surface area contributed by atoms with Gasteiger partial charge < -0.3 is 10.5 Å². The molecule has 0 heterocycles. The lowest BCUT2D eigenvalue weighted by Crippen LogP contribution is -2.04. The van der Waals surface area contributed by atoms with Crippen molar-refractivity contribution in [1.82, 2.24) is 0 Å². The summed E-state index contributed by atoms with van der Waals surface area (Å²) in [7, 11) is 1.58. The highest BCUT2D eigenvalue weighted by atomic mass is 19.1. The van der Waals surface area contributed by atoms with Crippen molar-refractivity contribution < 1.29 is 9.13 Å². The summed E-state index contributed by atoms with van der Waals surface area (Å²) in [4.78, 5) is 0. The van der Waals surface area contributed by atoms with E-state index in [0.29, 0.717) is 12.1 Å². The van der Waals surface area contributed by atoms with Gasteiger partial charge in [0.15, 0.2) is 0 Å². The fourth-order valence-corrected chi connectivity index (χ4v) is 1.23. The molecule has 0 spiro atoms. The van der Waals surface area contributed by atoms with Gasteiger partial charge in [-0.15, -0.1) is 0 Å². The average molecular weight is 183 g/mol. The fourth-order valence-electron chi connectivity index (χ4n) is 1.23. The minimum Gasteiger partial charge on any atom is -0.496 e. The highest BCUT2D eigenvalue weighted by Crippen LogP contribution is 2.20. The second-order valence-corrected chi connectivity index (χ2v) is 2.82. The molecule has 0 fully saturated rings. The van der Waals surface area contributed by atoms with Crippen LogP contribution in [-0.2, 0) is 13.1 Å². The molecule has 0 atom stereocenters. The van der Waals surface area contributed by atoms with E-state index in [-0.39, 0.29) is 0 Å². The van der Waals surface area contributed by atoms with Gasteiger partial charge in [-0.05, 0) is 30.2 Å². The number of benzene rings is 1. The minimum atomic E-state index is -0.459. The van der Waals surface area contributed by atoms with E-state index < -0.39 is 6.67 Å². The number of hydrogen-bond acceptors (Lipinski definition) is 2. The molecular weight excluding hydrogens is 169 g/mol. The van der Waals surface area contributed by atoms with Gasteiger partial charge in [-0.3, -0.25) is 0 Å². The summed E-state index contributed by atoms with van der Waals surface area (Å²) in [5.74, 6) is 0.723. The third-order valence-corrected chi connectivity index (χ3v) is 1.92. The van der Waals surface area contributed by atoms with Crippen molar-refractivity contribution in [2.75, 3.05) is 13.7 Å². The molecule has 0 radical (unpaired) electrons. The summed E-state index contributed by atoms with van der Waals surface area (Å²) in [5, 5.41) is 0. The number of halogens is 1. The summed E-state index contributed by atoms with van der Waals surface area (Å²) in [6.07, 6.45) is 0.760. The van der Waals surface area contributed by atoms with Gasteiger partial charge in [-0.25, -0.2) is 4.39 Å². The van der Waals surface area contributed by atoms with Gasteiger partial charge in [0.2, 0.25) is 0 Å². The predicted molar refractivity (Wildman–Crippen MR) is 50.6 cm³/mol. The molecule has 0 aromatic heterocycles. The highest BCUT2D eigenvalue weighted by Gasteiger charge is 2.02. The normalized spacial score (nSPS) is 10.1. The predicted octanol–water partition coefficient (Wildman–Crippen LogP) is 1.67. The molecule has 0 bridgehead atoms. The molecule has 1 aromatic rings. The van der Waals surface area contributed by atoms with Crippen molar-refractivity contribution in [3.8, 4) is 5.75 Å². The van der Waals surface area contributed by atoms with Crippen molar-refractivity contribution >= 4 is 0 Å². The lowest BCUT2D eigenvalue weighted by atomic mass is 10.1. The van der Waals surface area contributed by atoms with Crippen LogP contribution in [0.25, 0.3) is 0 Å². The summed E-state index contributed by atoms with van der Waals surface area (Å²) < 4.78 is 17.4. The summed E-state index contributed by atoms with van der Waals surface area (Å²) in [6.45, 7) is 0.116. The largest absolute Gasteiger partial charge is 0.496 e. The molecule has 1 aromatic carbocycles. The maximum absolute atomic E-state index is 12.3. The van der Waals surface area contributed by atoms with E-state index in [1.54, 1.807) is 19.2 Å². The monoisotopic (exact) mass is 183 g/mol. The van der Waals surface area contributed by atoms with Gasteiger partial charge in [0, 0.05) is 0 Å². The third-order valence-electron chi connectivity index (χ3n) is 1.92. The SMILES string of the molecule is COc1cc(CF)ccc1CCN. The second kappa shape index (κ2) is 4.82. The Labute approximate surface area is 77.5 Å². The van der Waals surface area contributed by atoms with Crippen LogP contribution in [0, 0.1) is 0 Å². The van der Waals surface area contributed by atoms with Crippen molar-refractivity contribution in [3.63, 3.8) is 0 Å². The molecule has 0 aliphatic heterocycles. The first-order valence-corrected chi connectivity index (χ1v) is 4.23. The van der Waals surface area contributed by atoms with Gasteiger partial charge in [0.25, 0.3) is 0 Å². The molecular formula is C10H14FNO. The molecule has 2 nitrogen and oxygen atoms in total. The van der Waals surface area contributed by atoms with Crippen LogP contribution in [0.3, 0.4) is 0 Å². The van der Waals surface area contributed by atoms with E-state index in [0.717, 1.165) is 17.7 Å². The molecule has 1 rings (SSSR count). The molecule has 0 aliphatic carbocycles. The van der Waals surface area contributed by atoms with E-state index in [2.05, 4.69) is 0 Å². The first-order chi connectivity index (χ1) is 6.31. The van der Waals surface area contributed by atoms with Crippen LogP contribution < -0.4 is 10.5 Å². The molecule has 0 aliphatic rings. The molecule has 13 heavy (non-hydrogen) atoms. The summed E-state index contributed by atoms with van der Waals surface area (Å²) in [6, 6.07) is 5.33. The topological polar surface area (TPSA) is 35.2 Å². The Bertz CT molecular complexity index is 276. The van der Waals surface area contributed by atoms with Gasteiger partial charge in [-0.2, -0.15) is 0 Å². The van der Waals surface area contributed by atoms with Crippen molar-refractivity contribution in [2.24, 2.45) is 5.73 Å².